The van der Waals surface area contributed by atoms with Crippen molar-refractivity contribution < 1.29 is 9.69 Å². The SMILES string of the molecule is Cc1cccc(N2CCN(C(=O)C[NH+]3CCC[C@@H]4CCCC[C@@H]43)CC2)c1C. The Labute approximate surface area is 164 Å². The number of quaternary nitrogens is 1. The van der Waals surface area contributed by atoms with Crippen LogP contribution in [0.1, 0.15) is 49.7 Å². The molecule has 27 heavy (non-hydrogen) atoms. The normalized spacial score (nSPS) is 28.7. The number of fused-ring (bicyclic) bond motifs is 1. The van der Waals surface area contributed by atoms with E-state index >= 15 is 0 Å². The van der Waals surface area contributed by atoms with Crippen molar-refractivity contribution in [1.82, 2.24) is 4.90 Å². The first-order chi connectivity index (χ1) is 13.1. The van der Waals surface area contributed by atoms with Gasteiger partial charge in [0, 0.05) is 37.8 Å². The highest BCUT2D eigenvalue weighted by molar-refractivity contribution is 5.77. The predicted octanol–water partition coefficient (Wildman–Crippen LogP) is 2.19. The molecule has 4 heteroatoms. The van der Waals surface area contributed by atoms with Gasteiger partial charge in [-0.05, 0) is 63.1 Å². The van der Waals surface area contributed by atoms with Crippen molar-refractivity contribution in [3.05, 3.63) is 29.3 Å². The second-order valence-corrected chi connectivity index (χ2v) is 8.97. The smallest absolute Gasteiger partial charge is 0.277 e. The van der Waals surface area contributed by atoms with Crippen LogP contribution in [-0.4, -0.2) is 56.1 Å². The average Bonchev–Trinajstić information content (AvgIpc) is 2.70. The van der Waals surface area contributed by atoms with E-state index in [1.54, 1.807) is 4.90 Å². The van der Waals surface area contributed by atoms with Gasteiger partial charge in [-0.2, -0.15) is 0 Å². The molecule has 1 N–H and O–H groups in total. The lowest BCUT2D eigenvalue weighted by molar-refractivity contribution is -0.929. The average molecular weight is 371 g/mol. The zero-order chi connectivity index (χ0) is 18.8. The lowest BCUT2D eigenvalue weighted by atomic mass is 9.78. The number of piperidine rings is 1. The molecule has 3 atom stereocenters. The van der Waals surface area contributed by atoms with Gasteiger partial charge in [0.2, 0.25) is 0 Å². The molecular weight excluding hydrogens is 334 g/mol. The maximum Gasteiger partial charge on any atom is 0.277 e. The Hall–Kier alpha value is -1.55. The maximum atomic E-state index is 13.0. The summed E-state index contributed by atoms with van der Waals surface area (Å²) in [6.45, 7) is 9.97. The van der Waals surface area contributed by atoms with E-state index in [0.29, 0.717) is 5.91 Å². The summed E-state index contributed by atoms with van der Waals surface area (Å²) in [6.07, 6.45) is 8.22. The summed E-state index contributed by atoms with van der Waals surface area (Å²) < 4.78 is 0. The summed E-state index contributed by atoms with van der Waals surface area (Å²) in [5.41, 5.74) is 4.06. The first kappa shape index (κ1) is 18.8. The fraction of sp³-hybridized carbons (Fsp3) is 0.696. The van der Waals surface area contributed by atoms with Gasteiger partial charge in [-0.25, -0.2) is 0 Å². The second-order valence-electron chi connectivity index (χ2n) is 8.97. The van der Waals surface area contributed by atoms with E-state index in [2.05, 4.69) is 41.8 Å². The van der Waals surface area contributed by atoms with Gasteiger partial charge < -0.3 is 14.7 Å². The van der Waals surface area contributed by atoms with Crippen LogP contribution in [-0.2, 0) is 4.79 Å². The maximum absolute atomic E-state index is 13.0. The number of aryl methyl sites for hydroxylation is 1. The Kier molecular flexibility index (Phi) is 5.72. The lowest BCUT2D eigenvalue weighted by Gasteiger charge is -2.42. The van der Waals surface area contributed by atoms with E-state index in [1.165, 1.54) is 61.9 Å². The molecule has 1 aromatic rings. The Bertz CT molecular complexity index is 664. The minimum Gasteiger partial charge on any atom is -0.368 e. The molecule has 3 fully saturated rings. The summed E-state index contributed by atoms with van der Waals surface area (Å²) in [4.78, 5) is 19.2. The van der Waals surface area contributed by atoms with Gasteiger partial charge in [0.15, 0.2) is 6.54 Å². The molecule has 0 spiro atoms. The lowest BCUT2D eigenvalue weighted by Crippen LogP contribution is -3.18. The van der Waals surface area contributed by atoms with Gasteiger partial charge in [0.25, 0.3) is 5.91 Å². The van der Waals surface area contributed by atoms with Crippen LogP contribution in [0, 0.1) is 19.8 Å². The fourth-order valence-corrected chi connectivity index (χ4v) is 5.67. The van der Waals surface area contributed by atoms with E-state index in [1.807, 2.05) is 0 Å². The molecule has 0 aromatic heterocycles. The number of carbonyl (C=O) groups is 1. The highest BCUT2D eigenvalue weighted by Gasteiger charge is 2.38. The number of amides is 1. The van der Waals surface area contributed by atoms with Crippen LogP contribution < -0.4 is 9.80 Å². The molecule has 1 aliphatic carbocycles. The first-order valence-electron chi connectivity index (χ1n) is 11.1. The van der Waals surface area contributed by atoms with E-state index in [9.17, 15) is 4.79 Å². The molecule has 0 bridgehead atoms. The third-order valence-electron chi connectivity index (χ3n) is 7.43. The van der Waals surface area contributed by atoms with Gasteiger partial charge in [-0.15, -0.1) is 0 Å². The van der Waals surface area contributed by atoms with E-state index in [0.717, 1.165) is 44.7 Å². The third kappa shape index (κ3) is 4.01. The molecular formula is C23H36N3O+. The minimum atomic E-state index is 0.386. The first-order valence-corrected chi connectivity index (χ1v) is 11.1. The molecule has 2 heterocycles. The molecule has 2 saturated heterocycles. The van der Waals surface area contributed by atoms with Crippen LogP contribution in [0.3, 0.4) is 0 Å². The second kappa shape index (κ2) is 8.22. The number of rotatable bonds is 3. The van der Waals surface area contributed by atoms with Crippen molar-refractivity contribution in [2.45, 2.75) is 58.4 Å². The topological polar surface area (TPSA) is 28.0 Å². The van der Waals surface area contributed by atoms with Crippen LogP contribution in [0.15, 0.2) is 18.2 Å². The molecule has 3 aliphatic rings. The number of piperazine rings is 1. The van der Waals surface area contributed by atoms with Crippen LogP contribution in [0.25, 0.3) is 0 Å². The quantitative estimate of drug-likeness (QED) is 0.883. The number of benzene rings is 1. The zero-order valence-electron chi connectivity index (χ0n) is 17.2. The van der Waals surface area contributed by atoms with Crippen molar-refractivity contribution in [2.75, 3.05) is 44.2 Å². The fourth-order valence-electron chi connectivity index (χ4n) is 5.67. The highest BCUT2D eigenvalue weighted by Crippen LogP contribution is 2.28. The van der Waals surface area contributed by atoms with E-state index in [-0.39, 0.29) is 0 Å². The van der Waals surface area contributed by atoms with Gasteiger partial charge in [0.1, 0.15) is 0 Å². The third-order valence-corrected chi connectivity index (χ3v) is 7.43. The number of carbonyl (C=O) groups excluding carboxylic acids is 1. The number of hydrogen-bond acceptors (Lipinski definition) is 2. The standard InChI is InChI=1S/C23H35N3O/c1-18-7-5-11-21(19(18)2)24-13-15-25(16-14-24)23(27)17-26-12-6-9-20-8-3-4-10-22(20)26/h5,7,11,20,22H,3-4,6,8-10,12-17H2,1-2H3/p+1/t20-,22-/m0/s1. The van der Waals surface area contributed by atoms with Crippen molar-refractivity contribution in [3.63, 3.8) is 0 Å². The van der Waals surface area contributed by atoms with Crippen LogP contribution in [0.2, 0.25) is 0 Å². The Morgan fingerprint density at radius 3 is 2.59 bits per heavy atom. The van der Waals surface area contributed by atoms with Crippen LogP contribution in [0.4, 0.5) is 5.69 Å². The Morgan fingerprint density at radius 2 is 1.78 bits per heavy atom. The van der Waals surface area contributed by atoms with E-state index in [4.69, 9.17) is 0 Å². The molecule has 2 aliphatic heterocycles. The van der Waals surface area contributed by atoms with Crippen molar-refractivity contribution in [1.29, 1.82) is 0 Å². The summed E-state index contributed by atoms with van der Waals surface area (Å²) >= 11 is 0. The molecule has 1 aromatic carbocycles. The van der Waals surface area contributed by atoms with Crippen molar-refractivity contribution in [2.24, 2.45) is 5.92 Å². The summed E-state index contributed by atoms with van der Waals surface area (Å²) in [7, 11) is 0. The number of likely N-dealkylation sites (tertiary alicyclic amines) is 1. The number of nitrogens with zero attached hydrogens (tertiary/aromatic N) is 2. The van der Waals surface area contributed by atoms with Gasteiger partial charge >= 0.3 is 0 Å². The van der Waals surface area contributed by atoms with Crippen molar-refractivity contribution in [3.8, 4) is 0 Å². The summed E-state index contributed by atoms with van der Waals surface area (Å²) in [6, 6.07) is 7.31. The number of nitrogens with one attached hydrogen (secondary N) is 1. The summed E-state index contributed by atoms with van der Waals surface area (Å²) in [5.74, 6) is 1.27. The number of hydrogen-bond donors (Lipinski definition) is 1. The zero-order valence-corrected chi connectivity index (χ0v) is 17.2. The Morgan fingerprint density at radius 1 is 1.04 bits per heavy atom. The van der Waals surface area contributed by atoms with Gasteiger partial charge in [-0.3, -0.25) is 4.79 Å². The molecule has 1 saturated carbocycles. The molecule has 148 valence electrons. The van der Waals surface area contributed by atoms with Gasteiger partial charge in [-0.1, -0.05) is 18.6 Å². The number of anilines is 1. The molecule has 4 nitrogen and oxygen atoms in total. The van der Waals surface area contributed by atoms with Crippen LogP contribution >= 0.6 is 0 Å². The Balaban J connectivity index is 1.33. The van der Waals surface area contributed by atoms with E-state index < -0.39 is 0 Å². The molecule has 4 rings (SSSR count). The monoisotopic (exact) mass is 370 g/mol. The molecule has 1 unspecified atom stereocenters. The minimum absolute atomic E-state index is 0.386. The molecule has 0 radical (unpaired) electrons. The predicted molar refractivity (Wildman–Crippen MR) is 110 cm³/mol. The summed E-state index contributed by atoms with van der Waals surface area (Å²) in [5, 5.41) is 0. The highest BCUT2D eigenvalue weighted by atomic mass is 16.2. The van der Waals surface area contributed by atoms with Crippen molar-refractivity contribution >= 4 is 11.6 Å². The largest absolute Gasteiger partial charge is 0.368 e. The van der Waals surface area contributed by atoms with Crippen LogP contribution in [0.5, 0.6) is 0 Å². The van der Waals surface area contributed by atoms with Gasteiger partial charge in [0.05, 0.1) is 12.6 Å². The molecule has 1 amide bonds.